The molecule has 0 saturated heterocycles. The zero-order valence-electron chi connectivity index (χ0n) is 15.6. The van der Waals surface area contributed by atoms with Gasteiger partial charge >= 0.3 is 0 Å². The SMILES string of the molecule is CCCc1ccc(CCC2CCC(CS(=O)(=O)C(C)C)CC2)cc1. The average Bonchev–Trinajstić information content (AvgIpc) is 2.55. The smallest absolute Gasteiger partial charge is 0.152 e. The molecule has 2 rings (SSSR count). The second-order valence-electron chi connectivity index (χ2n) is 7.87. The van der Waals surface area contributed by atoms with Crippen LogP contribution < -0.4 is 0 Å². The molecular weight excluding hydrogens is 316 g/mol. The molecule has 1 saturated carbocycles. The monoisotopic (exact) mass is 350 g/mol. The topological polar surface area (TPSA) is 34.1 Å². The largest absolute Gasteiger partial charge is 0.229 e. The van der Waals surface area contributed by atoms with E-state index >= 15 is 0 Å². The van der Waals surface area contributed by atoms with E-state index in [0.29, 0.717) is 11.7 Å². The van der Waals surface area contributed by atoms with Gasteiger partial charge in [0.05, 0.1) is 11.0 Å². The summed E-state index contributed by atoms with van der Waals surface area (Å²) in [6, 6.07) is 9.11. The lowest BCUT2D eigenvalue weighted by molar-refractivity contribution is 0.278. The van der Waals surface area contributed by atoms with Crippen molar-refractivity contribution in [1.29, 1.82) is 0 Å². The van der Waals surface area contributed by atoms with Crippen molar-refractivity contribution in [3.05, 3.63) is 35.4 Å². The van der Waals surface area contributed by atoms with E-state index in [1.54, 1.807) is 13.8 Å². The van der Waals surface area contributed by atoms with Crippen molar-refractivity contribution < 1.29 is 8.42 Å². The maximum absolute atomic E-state index is 12.1. The highest BCUT2D eigenvalue weighted by molar-refractivity contribution is 7.91. The molecule has 0 amide bonds. The van der Waals surface area contributed by atoms with Gasteiger partial charge in [0, 0.05) is 0 Å². The normalized spacial score (nSPS) is 22.0. The molecule has 1 aromatic rings. The van der Waals surface area contributed by atoms with Crippen molar-refractivity contribution in [2.75, 3.05) is 5.75 Å². The Labute approximate surface area is 149 Å². The number of hydrogen-bond acceptors (Lipinski definition) is 2. The lowest BCUT2D eigenvalue weighted by Crippen LogP contribution is -2.26. The van der Waals surface area contributed by atoms with Gasteiger partial charge in [0.15, 0.2) is 9.84 Å². The first-order chi connectivity index (χ1) is 11.4. The van der Waals surface area contributed by atoms with E-state index in [1.807, 2.05) is 0 Å². The summed E-state index contributed by atoms with van der Waals surface area (Å²) < 4.78 is 24.1. The Morgan fingerprint density at radius 2 is 1.42 bits per heavy atom. The van der Waals surface area contributed by atoms with E-state index < -0.39 is 9.84 Å². The van der Waals surface area contributed by atoms with Gasteiger partial charge in [-0.25, -0.2) is 8.42 Å². The van der Waals surface area contributed by atoms with Crippen molar-refractivity contribution in [1.82, 2.24) is 0 Å². The van der Waals surface area contributed by atoms with Gasteiger partial charge in [-0.3, -0.25) is 0 Å². The van der Waals surface area contributed by atoms with Crippen LogP contribution in [0.5, 0.6) is 0 Å². The number of benzene rings is 1. The molecule has 1 fully saturated rings. The summed E-state index contributed by atoms with van der Waals surface area (Å²) >= 11 is 0. The molecule has 0 bridgehead atoms. The van der Waals surface area contributed by atoms with E-state index in [1.165, 1.54) is 43.2 Å². The van der Waals surface area contributed by atoms with Crippen LogP contribution in [-0.4, -0.2) is 19.4 Å². The van der Waals surface area contributed by atoms with Crippen LogP contribution in [0.15, 0.2) is 24.3 Å². The highest BCUT2D eigenvalue weighted by Gasteiger charge is 2.27. The molecule has 1 aromatic carbocycles. The van der Waals surface area contributed by atoms with Gasteiger partial charge in [-0.15, -0.1) is 0 Å². The summed E-state index contributed by atoms with van der Waals surface area (Å²) in [6.45, 7) is 5.82. The molecule has 0 atom stereocenters. The molecular formula is C21H34O2S. The number of hydrogen-bond donors (Lipinski definition) is 0. The minimum Gasteiger partial charge on any atom is -0.229 e. The first kappa shape index (κ1) is 19.5. The molecule has 0 N–H and O–H groups in total. The minimum absolute atomic E-state index is 0.231. The third-order valence-corrected chi connectivity index (χ3v) is 7.93. The fraction of sp³-hybridized carbons (Fsp3) is 0.714. The Morgan fingerprint density at radius 1 is 0.917 bits per heavy atom. The van der Waals surface area contributed by atoms with Crippen molar-refractivity contribution >= 4 is 9.84 Å². The Kier molecular flexibility index (Phi) is 7.34. The number of rotatable bonds is 8. The first-order valence-electron chi connectivity index (χ1n) is 9.70. The predicted octanol–water partition coefficient (Wildman–Crippen LogP) is 5.20. The van der Waals surface area contributed by atoms with Crippen LogP contribution in [0.2, 0.25) is 0 Å². The summed E-state index contributed by atoms with van der Waals surface area (Å²) in [6.07, 6.45) is 9.36. The van der Waals surface area contributed by atoms with E-state index in [-0.39, 0.29) is 5.25 Å². The van der Waals surface area contributed by atoms with Crippen LogP contribution in [0.3, 0.4) is 0 Å². The fourth-order valence-corrected chi connectivity index (χ4v) is 5.12. The molecule has 2 nitrogen and oxygen atoms in total. The third-order valence-electron chi connectivity index (χ3n) is 5.56. The van der Waals surface area contributed by atoms with Crippen molar-refractivity contribution in [2.45, 2.75) is 77.4 Å². The van der Waals surface area contributed by atoms with E-state index in [0.717, 1.165) is 25.2 Å². The Morgan fingerprint density at radius 3 is 1.92 bits per heavy atom. The molecule has 136 valence electrons. The summed E-state index contributed by atoms with van der Waals surface area (Å²) in [4.78, 5) is 0. The molecule has 0 unspecified atom stereocenters. The molecule has 0 radical (unpaired) electrons. The van der Waals surface area contributed by atoms with E-state index in [9.17, 15) is 8.42 Å². The molecule has 1 aliphatic rings. The molecule has 1 aliphatic carbocycles. The molecule has 3 heteroatoms. The van der Waals surface area contributed by atoms with Crippen LogP contribution in [0.1, 0.15) is 70.4 Å². The summed E-state index contributed by atoms with van der Waals surface area (Å²) in [5, 5.41) is -0.231. The van der Waals surface area contributed by atoms with Crippen molar-refractivity contribution in [2.24, 2.45) is 11.8 Å². The average molecular weight is 351 g/mol. The zero-order chi connectivity index (χ0) is 17.6. The highest BCUT2D eigenvalue weighted by Crippen LogP contribution is 2.33. The van der Waals surface area contributed by atoms with Gasteiger partial charge in [-0.2, -0.15) is 0 Å². The summed E-state index contributed by atoms with van der Waals surface area (Å²) in [5.41, 5.74) is 2.88. The number of aryl methyl sites for hydroxylation is 2. The highest BCUT2D eigenvalue weighted by atomic mass is 32.2. The molecule has 0 spiro atoms. The van der Waals surface area contributed by atoms with Crippen LogP contribution in [0.25, 0.3) is 0 Å². The quantitative estimate of drug-likeness (QED) is 0.645. The summed E-state index contributed by atoms with van der Waals surface area (Å²) in [5.74, 6) is 1.57. The van der Waals surface area contributed by atoms with Crippen molar-refractivity contribution in [3.63, 3.8) is 0 Å². The Balaban J connectivity index is 1.73. The van der Waals surface area contributed by atoms with Gasteiger partial charge in [-0.05, 0) is 68.9 Å². The predicted molar refractivity (Wildman–Crippen MR) is 103 cm³/mol. The lowest BCUT2D eigenvalue weighted by atomic mass is 9.80. The second kappa shape index (κ2) is 9.03. The molecule has 0 aliphatic heterocycles. The van der Waals surface area contributed by atoms with Crippen molar-refractivity contribution in [3.8, 4) is 0 Å². The molecule has 0 heterocycles. The van der Waals surface area contributed by atoms with Crippen LogP contribution in [0.4, 0.5) is 0 Å². The Bertz CT molecular complexity index is 579. The maximum Gasteiger partial charge on any atom is 0.152 e. The number of sulfone groups is 1. The van der Waals surface area contributed by atoms with E-state index in [2.05, 4.69) is 31.2 Å². The van der Waals surface area contributed by atoms with Gasteiger partial charge < -0.3 is 0 Å². The Hall–Kier alpha value is -0.830. The van der Waals surface area contributed by atoms with E-state index in [4.69, 9.17) is 0 Å². The minimum atomic E-state index is -2.88. The molecule has 0 aromatic heterocycles. The first-order valence-corrected chi connectivity index (χ1v) is 11.4. The fourth-order valence-electron chi connectivity index (χ4n) is 3.74. The second-order valence-corrected chi connectivity index (χ2v) is 10.5. The maximum atomic E-state index is 12.1. The summed E-state index contributed by atoms with van der Waals surface area (Å²) in [7, 11) is -2.88. The van der Waals surface area contributed by atoms with Gasteiger partial charge in [-0.1, -0.05) is 50.5 Å². The van der Waals surface area contributed by atoms with Gasteiger partial charge in [0.1, 0.15) is 0 Å². The lowest BCUT2D eigenvalue weighted by Gasteiger charge is -2.28. The van der Waals surface area contributed by atoms with Crippen LogP contribution >= 0.6 is 0 Å². The van der Waals surface area contributed by atoms with Crippen LogP contribution in [0, 0.1) is 11.8 Å². The molecule has 24 heavy (non-hydrogen) atoms. The van der Waals surface area contributed by atoms with Crippen LogP contribution in [-0.2, 0) is 22.7 Å². The standard InChI is InChI=1S/C21H34O2S/c1-4-5-18-6-8-19(9-7-18)10-11-20-12-14-21(15-13-20)16-24(22,23)17(2)3/h6-9,17,20-21H,4-5,10-16H2,1-3H3. The van der Waals surface area contributed by atoms with Gasteiger partial charge in [0.2, 0.25) is 0 Å². The zero-order valence-corrected chi connectivity index (χ0v) is 16.4. The van der Waals surface area contributed by atoms with Gasteiger partial charge in [0.25, 0.3) is 0 Å². The third kappa shape index (κ3) is 5.91.